The quantitative estimate of drug-likeness (QED) is 0.157. The number of ether oxygens (including phenoxy) is 2. The van der Waals surface area contributed by atoms with Gasteiger partial charge in [0.05, 0.1) is 31.9 Å². The van der Waals surface area contributed by atoms with Crippen LogP contribution in [-0.4, -0.2) is 21.5 Å². The maximum absolute atomic E-state index is 9.75. The summed E-state index contributed by atoms with van der Waals surface area (Å²) in [6.45, 7) is 0. The molecule has 0 atom stereocenters. The molecule has 1 heterocycles. The Balaban J connectivity index is 0.000000623. The molecule has 3 nitrogen and oxygen atoms in total. The highest BCUT2D eigenvalue weighted by Crippen LogP contribution is 2.31. The van der Waals surface area contributed by atoms with Gasteiger partial charge >= 0.3 is 18.8 Å². The lowest BCUT2D eigenvalue weighted by Crippen LogP contribution is -2.02. The lowest BCUT2D eigenvalue weighted by molar-refractivity contribution is 0.355. The molecule has 0 saturated heterocycles. The first-order valence-electron chi connectivity index (χ1n) is 10.6. The molecule has 180 valence electrons. The van der Waals surface area contributed by atoms with Gasteiger partial charge in [0.1, 0.15) is 0 Å². The molecule has 0 spiro atoms. The van der Waals surface area contributed by atoms with Gasteiger partial charge in [0.15, 0.2) is 11.5 Å². The third kappa shape index (κ3) is 8.03. The first-order valence-corrected chi connectivity index (χ1v) is 10.6. The predicted octanol–water partition coefficient (Wildman–Crippen LogP) is 8.38. The number of hydrogen-bond acceptors (Lipinski definition) is 2. The maximum atomic E-state index is 9.75. The van der Waals surface area contributed by atoms with Gasteiger partial charge in [-0.2, -0.15) is 0 Å². The second-order valence-electron chi connectivity index (χ2n) is 7.29. The third-order valence-electron chi connectivity index (χ3n) is 4.83. The highest BCUT2D eigenvalue weighted by atomic mass is 19.5. The van der Waals surface area contributed by atoms with E-state index in [-0.39, 0.29) is 0 Å². The monoisotopic (exact) mass is 482 g/mol. The molecule has 0 aliphatic rings. The molecule has 0 saturated carbocycles. The standard InChI is InChI=1S/C27H23O3.BF4/c1-28-25-16-14-20(17-27(25)29-2)13-15-24-18-23(21-9-5-3-6-10-21)19-26(30-24)22-11-7-4-8-12-22;2-1(3,4)5/h3-19H,1-2H3;/q+1;-1/b15-13+;. The van der Waals surface area contributed by atoms with Gasteiger partial charge in [-0.1, -0.05) is 54.6 Å². The zero-order valence-electron chi connectivity index (χ0n) is 19.1. The first kappa shape index (κ1) is 25.6. The van der Waals surface area contributed by atoms with Crippen molar-refractivity contribution in [2.24, 2.45) is 0 Å². The molecular formula is C27H23BF4O3. The molecule has 0 radical (unpaired) electrons. The Morgan fingerprint density at radius 2 is 1.20 bits per heavy atom. The smallest absolute Gasteiger partial charge is 0.493 e. The molecule has 0 N–H and O–H groups in total. The second-order valence-corrected chi connectivity index (χ2v) is 7.29. The molecule has 35 heavy (non-hydrogen) atoms. The van der Waals surface area contributed by atoms with Crippen molar-refractivity contribution in [3.63, 3.8) is 0 Å². The molecule has 4 rings (SSSR count). The average Bonchev–Trinajstić information content (AvgIpc) is 2.87. The normalized spacial score (nSPS) is 11.0. The minimum atomic E-state index is -6.00. The molecule has 8 heteroatoms. The van der Waals surface area contributed by atoms with E-state index in [0.717, 1.165) is 33.8 Å². The Morgan fingerprint density at radius 3 is 1.77 bits per heavy atom. The highest BCUT2D eigenvalue weighted by Gasteiger charge is 2.20. The van der Waals surface area contributed by atoms with Crippen molar-refractivity contribution in [3.05, 3.63) is 102 Å². The molecule has 0 fully saturated rings. The zero-order valence-corrected chi connectivity index (χ0v) is 19.1. The largest absolute Gasteiger partial charge is 0.673 e. The fourth-order valence-electron chi connectivity index (χ4n) is 3.28. The van der Waals surface area contributed by atoms with E-state index in [1.807, 2.05) is 66.7 Å². The van der Waals surface area contributed by atoms with Crippen molar-refractivity contribution < 1.29 is 31.2 Å². The van der Waals surface area contributed by atoms with Gasteiger partial charge < -0.3 is 26.7 Å². The van der Waals surface area contributed by atoms with Gasteiger partial charge in [-0.05, 0) is 41.5 Å². The van der Waals surface area contributed by atoms with Crippen LogP contribution in [0.4, 0.5) is 17.3 Å². The first-order chi connectivity index (χ1) is 16.8. The van der Waals surface area contributed by atoms with Crippen LogP contribution >= 0.6 is 0 Å². The van der Waals surface area contributed by atoms with Crippen molar-refractivity contribution in [1.82, 2.24) is 0 Å². The van der Waals surface area contributed by atoms with Gasteiger partial charge in [0.25, 0.3) is 0 Å². The predicted molar refractivity (Wildman–Crippen MR) is 133 cm³/mol. The summed E-state index contributed by atoms with van der Waals surface area (Å²) in [5.74, 6) is 2.99. The molecule has 0 aliphatic carbocycles. The van der Waals surface area contributed by atoms with Crippen LogP contribution < -0.4 is 9.47 Å². The summed E-state index contributed by atoms with van der Waals surface area (Å²) in [5, 5.41) is 0. The van der Waals surface area contributed by atoms with Gasteiger partial charge in [0.2, 0.25) is 0 Å². The van der Waals surface area contributed by atoms with Crippen molar-refractivity contribution in [2.45, 2.75) is 0 Å². The van der Waals surface area contributed by atoms with Crippen LogP contribution in [0.25, 0.3) is 34.6 Å². The summed E-state index contributed by atoms with van der Waals surface area (Å²) in [7, 11) is -2.73. The summed E-state index contributed by atoms with van der Waals surface area (Å²) < 4.78 is 55.9. The minimum Gasteiger partial charge on any atom is -0.493 e. The lowest BCUT2D eigenvalue weighted by Gasteiger charge is -2.07. The van der Waals surface area contributed by atoms with Crippen molar-refractivity contribution in [2.75, 3.05) is 14.2 Å². The zero-order chi connectivity index (χ0) is 25.3. The lowest BCUT2D eigenvalue weighted by atomic mass is 10.0. The SMILES string of the molecule is COc1ccc(/C=C/c2cc(-c3ccccc3)cc(-c3ccccc3)[o+]2)cc1OC.F[B-](F)(F)F. The Labute approximate surface area is 201 Å². The number of rotatable bonds is 6. The molecule has 0 aliphatic heterocycles. The Morgan fingerprint density at radius 1 is 0.629 bits per heavy atom. The molecule has 1 aromatic heterocycles. The Hall–Kier alpha value is -4.07. The molecule has 0 bridgehead atoms. The van der Waals surface area contributed by atoms with Crippen LogP contribution in [0.3, 0.4) is 0 Å². The molecule has 0 amide bonds. The van der Waals surface area contributed by atoms with E-state index in [9.17, 15) is 17.3 Å². The van der Waals surface area contributed by atoms with Crippen LogP contribution in [0.5, 0.6) is 11.5 Å². The van der Waals surface area contributed by atoms with Gasteiger partial charge in [0, 0.05) is 11.6 Å². The number of hydrogen-bond donors (Lipinski definition) is 0. The molecule has 0 unspecified atom stereocenters. The van der Waals surface area contributed by atoms with Gasteiger partial charge in [-0.15, -0.1) is 0 Å². The summed E-state index contributed by atoms with van der Waals surface area (Å²) in [6, 6.07) is 30.4. The van der Waals surface area contributed by atoms with E-state index in [1.165, 1.54) is 0 Å². The highest BCUT2D eigenvalue weighted by molar-refractivity contribution is 6.50. The van der Waals surface area contributed by atoms with E-state index >= 15 is 0 Å². The van der Waals surface area contributed by atoms with Crippen LogP contribution in [0, 0.1) is 0 Å². The van der Waals surface area contributed by atoms with E-state index in [1.54, 1.807) is 14.2 Å². The summed E-state index contributed by atoms with van der Waals surface area (Å²) in [4.78, 5) is 0. The fraction of sp³-hybridized carbons (Fsp3) is 0.0741. The van der Waals surface area contributed by atoms with Crippen LogP contribution in [0.2, 0.25) is 0 Å². The van der Waals surface area contributed by atoms with E-state index in [4.69, 9.17) is 13.9 Å². The topological polar surface area (TPSA) is 29.8 Å². The van der Waals surface area contributed by atoms with Crippen LogP contribution in [0.15, 0.2) is 95.4 Å². The summed E-state index contributed by atoms with van der Waals surface area (Å²) in [5.41, 5.74) is 4.28. The van der Waals surface area contributed by atoms with Crippen molar-refractivity contribution >= 4 is 19.4 Å². The molecule has 4 aromatic rings. The van der Waals surface area contributed by atoms with E-state index in [0.29, 0.717) is 11.5 Å². The molecular weight excluding hydrogens is 459 g/mol. The summed E-state index contributed by atoms with van der Waals surface area (Å²) in [6.07, 6.45) is 3.98. The third-order valence-corrected chi connectivity index (χ3v) is 4.83. The van der Waals surface area contributed by atoms with Crippen molar-refractivity contribution in [3.8, 4) is 33.9 Å². The number of methoxy groups -OCH3 is 2. The Kier molecular flexibility index (Phi) is 8.67. The van der Waals surface area contributed by atoms with Crippen LogP contribution in [0.1, 0.15) is 11.3 Å². The van der Waals surface area contributed by atoms with E-state index < -0.39 is 7.25 Å². The maximum Gasteiger partial charge on any atom is 0.673 e. The average molecular weight is 482 g/mol. The minimum absolute atomic E-state index is 0.694. The number of halogens is 4. The Bertz CT molecular complexity index is 1200. The van der Waals surface area contributed by atoms with Crippen molar-refractivity contribution in [1.29, 1.82) is 0 Å². The molecule has 3 aromatic carbocycles. The van der Waals surface area contributed by atoms with Gasteiger partial charge in [-0.25, -0.2) is 4.42 Å². The number of benzene rings is 3. The van der Waals surface area contributed by atoms with Crippen LogP contribution in [-0.2, 0) is 0 Å². The van der Waals surface area contributed by atoms with Gasteiger partial charge in [-0.3, -0.25) is 0 Å². The fourth-order valence-corrected chi connectivity index (χ4v) is 3.28. The summed E-state index contributed by atoms with van der Waals surface area (Å²) >= 11 is 0. The van der Waals surface area contributed by atoms with E-state index in [2.05, 4.69) is 36.4 Å². The second kappa shape index (κ2) is 11.9.